The van der Waals surface area contributed by atoms with Crippen molar-refractivity contribution >= 4 is 11.6 Å². The Kier molecular flexibility index (Phi) is 5.21. The van der Waals surface area contributed by atoms with Crippen molar-refractivity contribution in [1.29, 1.82) is 0 Å². The summed E-state index contributed by atoms with van der Waals surface area (Å²) in [6, 6.07) is 8.01. The van der Waals surface area contributed by atoms with E-state index < -0.39 is 0 Å². The van der Waals surface area contributed by atoms with E-state index in [1.807, 2.05) is 44.3 Å². The first-order chi connectivity index (χ1) is 10.0. The van der Waals surface area contributed by atoms with E-state index in [2.05, 4.69) is 24.1 Å². The minimum Gasteiger partial charge on any atom is -0.438 e. The number of nitrogens with zero attached hydrogens (tertiary/aromatic N) is 1. The third-order valence-corrected chi connectivity index (χ3v) is 3.62. The lowest BCUT2D eigenvalue weighted by Crippen LogP contribution is -2.17. The Balaban J connectivity index is 2.17. The van der Waals surface area contributed by atoms with E-state index in [-0.39, 0.29) is 6.04 Å². The van der Waals surface area contributed by atoms with E-state index in [1.54, 1.807) is 0 Å². The number of ether oxygens (including phenoxy) is 1. The molecule has 0 saturated heterocycles. The first-order valence-corrected chi connectivity index (χ1v) is 7.53. The van der Waals surface area contributed by atoms with Crippen molar-refractivity contribution in [2.24, 2.45) is 0 Å². The zero-order chi connectivity index (χ0) is 15.4. The molecule has 0 amide bonds. The van der Waals surface area contributed by atoms with E-state index in [4.69, 9.17) is 16.3 Å². The molecule has 112 valence electrons. The molecule has 1 heterocycles. The Hall–Kier alpha value is -1.58. The molecule has 0 aliphatic rings. The van der Waals surface area contributed by atoms with E-state index >= 15 is 0 Å². The van der Waals surface area contributed by atoms with Gasteiger partial charge in [-0.25, -0.2) is 4.98 Å². The van der Waals surface area contributed by atoms with Gasteiger partial charge in [0, 0.05) is 23.3 Å². The lowest BCUT2D eigenvalue weighted by atomic mass is 10.1. The van der Waals surface area contributed by atoms with Crippen LogP contribution in [-0.4, -0.2) is 11.5 Å². The quantitative estimate of drug-likeness (QED) is 0.860. The van der Waals surface area contributed by atoms with Crippen LogP contribution in [0.2, 0.25) is 5.02 Å². The van der Waals surface area contributed by atoms with Crippen molar-refractivity contribution in [3.63, 3.8) is 0 Å². The molecule has 2 aromatic rings. The molecular weight excluding hydrogens is 284 g/mol. The van der Waals surface area contributed by atoms with Gasteiger partial charge in [-0.15, -0.1) is 0 Å². The Bertz CT molecular complexity index is 588. The zero-order valence-corrected chi connectivity index (χ0v) is 13.7. The van der Waals surface area contributed by atoms with Gasteiger partial charge in [-0.3, -0.25) is 0 Å². The van der Waals surface area contributed by atoms with Gasteiger partial charge in [0.15, 0.2) is 0 Å². The van der Waals surface area contributed by atoms with Crippen molar-refractivity contribution in [3.05, 3.63) is 52.2 Å². The van der Waals surface area contributed by atoms with Gasteiger partial charge in [0.1, 0.15) is 5.75 Å². The molecule has 1 atom stereocenters. The molecule has 0 bridgehead atoms. The highest BCUT2D eigenvalue weighted by Gasteiger charge is 2.09. The smallest absolute Gasteiger partial charge is 0.219 e. The molecule has 0 spiro atoms. The molecule has 3 nitrogen and oxygen atoms in total. The van der Waals surface area contributed by atoms with Crippen LogP contribution in [0.4, 0.5) is 0 Å². The summed E-state index contributed by atoms with van der Waals surface area (Å²) in [5.41, 5.74) is 3.16. The highest BCUT2D eigenvalue weighted by atomic mass is 35.5. The number of hydrogen-bond acceptors (Lipinski definition) is 3. The van der Waals surface area contributed by atoms with Gasteiger partial charge < -0.3 is 10.1 Å². The van der Waals surface area contributed by atoms with Gasteiger partial charge >= 0.3 is 0 Å². The summed E-state index contributed by atoms with van der Waals surface area (Å²) in [6.45, 7) is 9.11. The fraction of sp³-hybridized carbons (Fsp3) is 0.353. The van der Waals surface area contributed by atoms with Crippen LogP contribution in [0.25, 0.3) is 0 Å². The third-order valence-electron chi connectivity index (χ3n) is 3.40. The van der Waals surface area contributed by atoms with Gasteiger partial charge in [0.05, 0.1) is 0 Å². The molecule has 21 heavy (non-hydrogen) atoms. The van der Waals surface area contributed by atoms with E-state index in [1.165, 1.54) is 0 Å². The summed E-state index contributed by atoms with van der Waals surface area (Å²) in [7, 11) is 0. The Morgan fingerprint density at radius 1 is 1.24 bits per heavy atom. The maximum atomic E-state index is 6.03. The van der Waals surface area contributed by atoms with Crippen LogP contribution in [0.1, 0.15) is 36.6 Å². The average molecular weight is 305 g/mol. The molecule has 1 aromatic carbocycles. The summed E-state index contributed by atoms with van der Waals surface area (Å²) in [4.78, 5) is 4.39. The van der Waals surface area contributed by atoms with Crippen LogP contribution in [-0.2, 0) is 0 Å². The fourth-order valence-corrected chi connectivity index (χ4v) is 2.62. The number of halogens is 1. The van der Waals surface area contributed by atoms with Crippen molar-refractivity contribution in [2.75, 3.05) is 6.54 Å². The summed E-state index contributed by atoms with van der Waals surface area (Å²) < 4.78 is 5.90. The van der Waals surface area contributed by atoms with Crippen LogP contribution in [0.15, 0.2) is 30.5 Å². The molecule has 0 aliphatic carbocycles. The summed E-state index contributed by atoms with van der Waals surface area (Å²) in [5.74, 6) is 1.41. The van der Waals surface area contributed by atoms with Crippen molar-refractivity contribution in [1.82, 2.24) is 10.3 Å². The second kappa shape index (κ2) is 6.92. The summed E-state index contributed by atoms with van der Waals surface area (Å²) in [5, 5.41) is 4.08. The van der Waals surface area contributed by atoms with Crippen LogP contribution in [0, 0.1) is 13.8 Å². The Morgan fingerprint density at radius 3 is 2.43 bits per heavy atom. The fourth-order valence-electron chi connectivity index (χ4n) is 2.30. The van der Waals surface area contributed by atoms with Crippen LogP contribution in [0.3, 0.4) is 0 Å². The standard InChI is InChI=1S/C17H21ClN2O/c1-5-19-13(4)14-6-7-16(20-10-14)21-17-11(2)8-15(18)9-12(17)3/h6-10,13,19H,5H2,1-4H3. The summed E-state index contributed by atoms with van der Waals surface area (Å²) >= 11 is 6.03. The van der Waals surface area contributed by atoms with Gasteiger partial charge in [0.2, 0.25) is 5.88 Å². The maximum absolute atomic E-state index is 6.03. The van der Waals surface area contributed by atoms with E-state index in [0.717, 1.165) is 34.0 Å². The molecule has 4 heteroatoms. The average Bonchev–Trinajstić information content (AvgIpc) is 2.43. The zero-order valence-electron chi connectivity index (χ0n) is 12.9. The lowest BCUT2D eigenvalue weighted by molar-refractivity contribution is 0.454. The molecule has 1 aromatic heterocycles. The van der Waals surface area contributed by atoms with E-state index in [0.29, 0.717) is 5.88 Å². The monoisotopic (exact) mass is 304 g/mol. The van der Waals surface area contributed by atoms with Crippen LogP contribution >= 0.6 is 11.6 Å². The molecule has 2 rings (SSSR count). The predicted octanol–water partition coefficient (Wildman–Crippen LogP) is 4.81. The third kappa shape index (κ3) is 3.96. The molecule has 0 aliphatic heterocycles. The van der Waals surface area contributed by atoms with Gasteiger partial charge in [0.25, 0.3) is 0 Å². The first-order valence-electron chi connectivity index (χ1n) is 7.15. The topological polar surface area (TPSA) is 34.1 Å². The summed E-state index contributed by atoms with van der Waals surface area (Å²) in [6.07, 6.45) is 1.85. The Morgan fingerprint density at radius 2 is 1.90 bits per heavy atom. The minimum absolute atomic E-state index is 0.288. The van der Waals surface area contributed by atoms with Crippen LogP contribution < -0.4 is 10.1 Å². The van der Waals surface area contributed by atoms with Gasteiger partial charge in [-0.2, -0.15) is 0 Å². The number of aryl methyl sites for hydroxylation is 2. The second-order valence-corrected chi connectivity index (χ2v) is 5.62. The number of hydrogen-bond donors (Lipinski definition) is 1. The minimum atomic E-state index is 0.288. The maximum Gasteiger partial charge on any atom is 0.219 e. The largest absolute Gasteiger partial charge is 0.438 e. The molecule has 1 unspecified atom stereocenters. The highest BCUT2D eigenvalue weighted by molar-refractivity contribution is 6.30. The highest BCUT2D eigenvalue weighted by Crippen LogP contribution is 2.30. The lowest BCUT2D eigenvalue weighted by Gasteiger charge is -2.14. The number of rotatable bonds is 5. The van der Waals surface area contributed by atoms with Crippen molar-refractivity contribution in [2.45, 2.75) is 33.7 Å². The number of nitrogens with one attached hydrogen (secondary N) is 1. The number of pyridine rings is 1. The molecule has 0 fully saturated rings. The molecular formula is C17H21ClN2O. The molecule has 0 radical (unpaired) electrons. The first kappa shape index (κ1) is 15.8. The van der Waals surface area contributed by atoms with Gasteiger partial charge in [-0.05, 0) is 56.1 Å². The number of benzene rings is 1. The van der Waals surface area contributed by atoms with Gasteiger partial charge in [-0.1, -0.05) is 24.6 Å². The predicted molar refractivity (Wildman–Crippen MR) is 87.3 cm³/mol. The molecule has 1 N–H and O–H groups in total. The van der Waals surface area contributed by atoms with Crippen molar-refractivity contribution < 1.29 is 4.74 Å². The Labute approximate surface area is 131 Å². The molecule has 0 saturated carbocycles. The van der Waals surface area contributed by atoms with Crippen molar-refractivity contribution in [3.8, 4) is 11.6 Å². The van der Waals surface area contributed by atoms with E-state index in [9.17, 15) is 0 Å². The van der Waals surface area contributed by atoms with Crippen LogP contribution in [0.5, 0.6) is 11.6 Å². The SMILES string of the molecule is CCNC(C)c1ccc(Oc2c(C)cc(Cl)cc2C)nc1. The number of aromatic nitrogens is 1. The second-order valence-electron chi connectivity index (χ2n) is 5.18. The normalized spacial score (nSPS) is 12.2.